The fourth-order valence-corrected chi connectivity index (χ4v) is 4.36. The third kappa shape index (κ3) is 5.28. The Morgan fingerprint density at radius 3 is 2.76 bits per heavy atom. The van der Waals surface area contributed by atoms with Crippen LogP contribution in [-0.2, 0) is 22.6 Å². The van der Waals surface area contributed by atoms with Crippen LogP contribution >= 0.6 is 11.8 Å². The van der Waals surface area contributed by atoms with Crippen molar-refractivity contribution >= 4 is 34.5 Å². The Balaban J connectivity index is 1.43. The summed E-state index contributed by atoms with van der Waals surface area (Å²) in [6.45, 7) is 4.82. The second kappa shape index (κ2) is 9.95. The van der Waals surface area contributed by atoms with Gasteiger partial charge in [0.1, 0.15) is 6.04 Å². The van der Waals surface area contributed by atoms with Crippen molar-refractivity contribution in [3.63, 3.8) is 0 Å². The fraction of sp³-hybridized carbons (Fsp3) is 0.304. The molecule has 0 aliphatic rings. The van der Waals surface area contributed by atoms with Gasteiger partial charge in [-0.2, -0.15) is 0 Å². The molecule has 3 aromatic heterocycles. The standard InChI is InChI=1S/C23H25N5O4S/c1-14(2)12-28-21(19-8-5-9-32-19)26-27-23(28)33-13-20(29)25-18(22(30)31)10-15-11-24-17-7-4-3-6-16(15)17/h3-9,11,14,18,24H,10,12-13H2,1-2H3,(H,25,29)(H,30,31)/t18-/m1/s1. The monoisotopic (exact) mass is 467 g/mol. The summed E-state index contributed by atoms with van der Waals surface area (Å²) >= 11 is 1.22. The van der Waals surface area contributed by atoms with Gasteiger partial charge in [0.25, 0.3) is 0 Å². The van der Waals surface area contributed by atoms with Crippen molar-refractivity contribution in [2.24, 2.45) is 5.92 Å². The zero-order valence-corrected chi connectivity index (χ0v) is 19.1. The first-order valence-corrected chi connectivity index (χ1v) is 11.6. The molecule has 0 saturated heterocycles. The van der Waals surface area contributed by atoms with Gasteiger partial charge >= 0.3 is 5.97 Å². The van der Waals surface area contributed by atoms with E-state index in [1.54, 1.807) is 18.5 Å². The van der Waals surface area contributed by atoms with Crippen molar-refractivity contribution in [3.8, 4) is 11.6 Å². The van der Waals surface area contributed by atoms with E-state index in [9.17, 15) is 14.7 Å². The van der Waals surface area contributed by atoms with Crippen molar-refractivity contribution < 1.29 is 19.1 Å². The number of aliphatic carboxylic acids is 1. The van der Waals surface area contributed by atoms with Gasteiger partial charge in [0, 0.05) is 30.1 Å². The summed E-state index contributed by atoms with van der Waals surface area (Å²) < 4.78 is 7.38. The lowest BCUT2D eigenvalue weighted by Crippen LogP contribution is -2.43. The van der Waals surface area contributed by atoms with Gasteiger partial charge in [-0.3, -0.25) is 9.36 Å². The molecule has 4 aromatic rings. The topological polar surface area (TPSA) is 126 Å². The van der Waals surface area contributed by atoms with Gasteiger partial charge in [-0.15, -0.1) is 10.2 Å². The van der Waals surface area contributed by atoms with E-state index >= 15 is 0 Å². The Kier molecular flexibility index (Phi) is 6.83. The van der Waals surface area contributed by atoms with Crippen molar-refractivity contribution in [3.05, 3.63) is 54.4 Å². The third-order valence-corrected chi connectivity index (χ3v) is 6.04. The first-order chi connectivity index (χ1) is 15.9. The predicted octanol–water partition coefficient (Wildman–Crippen LogP) is 3.58. The first-order valence-electron chi connectivity index (χ1n) is 10.6. The number of carbonyl (C=O) groups is 2. The van der Waals surface area contributed by atoms with Crippen LogP contribution in [-0.4, -0.2) is 48.5 Å². The van der Waals surface area contributed by atoms with Gasteiger partial charge in [0.15, 0.2) is 16.7 Å². The second-order valence-corrected chi connectivity index (χ2v) is 9.04. The maximum absolute atomic E-state index is 12.6. The minimum Gasteiger partial charge on any atom is -0.480 e. The summed E-state index contributed by atoms with van der Waals surface area (Å²) in [5.41, 5.74) is 1.76. The van der Waals surface area contributed by atoms with Gasteiger partial charge in [-0.05, 0) is 29.7 Å². The quantitative estimate of drug-likeness (QED) is 0.304. The fourth-order valence-electron chi connectivity index (χ4n) is 3.60. The van der Waals surface area contributed by atoms with E-state index in [0.717, 1.165) is 16.5 Å². The lowest BCUT2D eigenvalue weighted by Gasteiger charge is -2.15. The minimum atomic E-state index is -1.08. The molecule has 0 aliphatic carbocycles. The lowest BCUT2D eigenvalue weighted by atomic mass is 10.1. The molecule has 1 atom stereocenters. The molecular weight excluding hydrogens is 442 g/mol. The van der Waals surface area contributed by atoms with Gasteiger partial charge in [0.2, 0.25) is 5.91 Å². The van der Waals surface area contributed by atoms with Gasteiger partial charge in [0.05, 0.1) is 12.0 Å². The number of H-pyrrole nitrogens is 1. The van der Waals surface area contributed by atoms with Crippen LogP contribution in [0.1, 0.15) is 19.4 Å². The maximum atomic E-state index is 12.6. The molecule has 0 fully saturated rings. The van der Waals surface area contributed by atoms with Crippen LogP contribution in [0.2, 0.25) is 0 Å². The summed E-state index contributed by atoms with van der Waals surface area (Å²) in [6, 6.07) is 10.2. The molecule has 4 rings (SSSR count). The Morgan fingerprint density at radius 1 is 1.21 bits per heavy atom. The van der Waals surface area contributed by atoms with E-state index in [4.69, 9.17) is 4.42 Å². The van der Waals surface area contributed by atoms with Crippen LogP contribution in [0.4, 0.5) is 0 Å². The number of carboxylic acid groups (broad SMARTS) is 1. The van der Waals surface area contributed by atoms with Crippen molar-refractivity contribution in [1.82, 2.24) is 25.1 Å². The van der Waals surface area contributed by atoms with E-state index in [1.165, 1.54) is 11.8 Å². The largest absolute Gasteiger partial charge is 0.480 e. The molecule has 172 valence electrons. The number of amides is 1. The molecule has 33 heavy (non-hydrogen) atoms. The number of aromatic nitrogens is 4. The average Bonchev–Trinajstić information content (AvgIpc) is 3.52. The van der Waals surface area contributed by atoms with E-state index in [2.05, 4.69) is 34.3 Å². The number of rotatable bonds is 10. The van der Waals surface area contributed by atoms with Crippen molar-refractivity contribution in [1.29, 1.82) is 0 Å². The molecule has 3 N–H and O–H groups in total. The zero-order valence-electron chi connectivity index (χ0n) is 18.3. The first kappa shape index (κ1) is 22.7. The van der Waals surface area contributed by atoms with Crippen LogP contribution in [0, 0.1) is 5.92 Å². The molecule has 0 saturated carbocycles. The molecular formula is C23H25N5O4S. The van der Waals surface area contributed by atoms with Crippen LogP contribution < -0.4 is 5.32 Å². The summed E-state index contributed by atoms with van der Waals surface area (Å²) in [6.07, 6.45) is 3.54. The minimum absolute atomic E-state index is 0.0199. The van der Waals surface area contributed by atoms with Crippen molar-refractivity contribution in [2.45, 2.75) is 38.0 Å². The Morgan fingerprint density at radius 2 is 2.03 bits per heavy atom. The number of para-hydroxylation sites is 1. The SMILES string of the molecule is CC(C)Cn1c(SCC(=O)N[C@H](Cc2c[nH]c3ccccc23)C(=O)O)nnc1-c1ccco1. The number of furan rings is 1. The Labute approximate surface area is 194 Å². The molecule has 0 radical (unpaired) electrons. The summed E-state index contributed by atoms with van der Waals surface area (Å²) in [7, 11) is 0. The lowest BCUT2D eigenvalue weighted by molar-refractivity contribution is -0.141. The average molecular weight is 468 g/mol. The van der Waals surface area contributed by atoms with Crippen molar-refractivity contribution in [2.75, 3.05) is 5.75 Å². The Bertz CT molecular complexity index is 1250. The van der Waals surface area contributed by atoms with Gasteiger partial charge in [-0.1, -0.05) is 43.8 Å². The van der Waals surface area contributed by atoms with E-state index in [1.807, 2.05) is 34.9 Å². The number of carboxylic acids is 1. The van der Waals surface area contributed by atoms with Gasteiger partial charge in [-0.25, -0.2) is 4.79 Å². The van der Waals surface area contributed by atoms with E-state index in [-0.39, 0.29) is 18.1 Å². The van der Waals surface area contributed by atoms with E-state index in [0.29, 0.717) is 29.2 Å². The number of benzene rings is 1. The molecule has 0 aliphatic heterocycles. The summed E-state index contributed by atoms with van der Waals surface area (Å²) in [4.78, 5) is 27.6. The summed E-state index contributed by atoms with van der Waals surface area (Å²) in [5.74, 6) is 0.0815. The number of aromatic amines is 1. The van der Waals surface area contributed by atoms with Crippen LogP contribution in [0.15, 0.2) is 58.4 Å². The maximum Gasteiger partial charge on any atom is 0.326 e. The molecule has 0 unspecified atom stereocenters. The highest BCUT2D eigenvalue weighted by atomic mass is 32.2. The number of nitrogens with one attached hydrogen (secondary N) is 2. The zero-order chi connectivity index (χ0) is 23.4. The smallest absolute Gasteiger partial charge is 0.326 e. The predicted molar refractivity (Wildman–Crippen MR) is 125 cm³/mol. The molecule has 0 bridgehead atoms. The number of nitrogens with zero attached hydrogens (tertiary/aromatic N) is 3. The number of carbonyl (C=O) groups excluding carboxylic acids is 1. The number of thioether (sulfide) groups is 1. The van der Waals surface area contributed by atoms with Crippen LogP contribution in [0.5, 0.6) is 0 Å². The van der Waals surface area contributed by atoms with E-state index < -0.39 is 12.0 Å². The highest BCUT2D eigenvalue weighted by molar-refractivity contribution is 7.99. The number of hydrogen-bond donors (Lipinski definition) is 3. The second-order valence-electron chi connectivity index (χ2n) is 8.10. The molecule has 10 heteroatoms. The molecule has 3 heterocycles. The van der Waals surface area contributed by atoms with Crippen LogP contribution in [0.3, 0.4) is 0 Å². The molecule has 1 amide bonds. The summed E-state index contributed by atoms with van der Waals surface area (Å²) in [5, 5.41) is 22.3. The molecule has 1 aromatic carbocycles. The van der Waals surface area contributed by atoms with Gasteiger partial charge < -0.3 is 19.8 Å². The van der Waals surface area contributed by atoms with Crippen LogP contribution in [0.25, 0.3) is 22.5 Å². The molecule has 0 spiro atoms. The Hall–Kier alpha value is -3.53. The third-order valence-electron chi connectivity index (χ3n) is 5.07. The highest BCUT2D eigenvalue weighted by Gasteiger charge is 2.23. The highest BCUT2D eigenvalue weighted by Crippen LogP contribution is 2.25. The normalized spacial score (nSPS) is 12.3. The number of fused-ring (bicyclic) bond motifs is 1. The number of hydrogen-bond acceptors (Lipinski definition) is 6. The molecule has 9 nitrogen and oxygen atoms in total.